The molecule has 1 aliphatic carbocycles. The minimum atomic E-state index is -0.859. The topological polar surface area (TPSA) is 81.4 Å². The lowest BCUT2D eigenvalue weighted by molar-refractivity contribution is 0.0907. The van der Waals surface area contributed by atoms with Gasteiger partial charge < -0.3 is 9.84 Å². The van der Waals surface area contributed by atoms with E-state index >= 15 is 0 Å². The average Bonchev–Trinajstić information content (AvgIpc) is 3.12. The van der Waals surface area contributed by atoms with E-state index in [0.717, 1.165) is 35.0 Å². The summed E-state index contributed by atoms with van der Waals surface area (Å²) in [5.41, 5.74) is 1.72. The fourth-order valence-electron chi connectivity index (χ4n) is 4.14. The van der Waals surface area contributed by atoms with Gasteiger partial charge in [-0.25, -0.2) is 4.98 Å². The smallest absolute Gasteiger partial charge is 0.262 e. The Labute approximate surface area is 185 Å². The van der Waals surface area contributed by atoms with E-state index in [4.69, 9.17) is 4.74 Å². The lowest BCUT2D eigenvalue weighted by Crippen LogP contribution is -2.32. The summed E-state index contributed by atoms with van der Waals surface area (Å²) in [4.78, 5) is 31.7. The SMILES string of the molecule is CCC(=O)c1ccc(OC[C@@H](O)Cn2c(C)nc3sc4c(c3c2=O)CC[C@@H](C)C4)cc1. The second kappa shape index (κ2) is 8.93. The third-order valence-electron chi connectivity index (χ3n) is 5.94. The second-order valence-corrected chi connectivity index (χ2v) is 9.46. The summed E-state index contributed by atoms with van der Waals surface area (Å²) in [5.74, 6) is 1.89. The molecule has 6 nitrogen and oxygen atoms in total. The molecule has 2 atom stereocenters. The fraction of sp³-hybridized carbons (Fsp3) is 0.458. The minimum absolute atomic E-state index is 0.0459. The summed E-state index contributed by atoms with van der Waals surface area (Å²) in [7, 11) is 0. The molecule has 0 amide bonds. The lowest BCUT2D eigenvalue weighted by atomic mass is 9.89. The average molecular weight is 441 g/mol. The molecule has 1 N–H and O–H groups in total. The highest BCUT2D eigenvalue weighted by molar-refractivity contribution is 7.18. The molecule has 31 heavy (non-hydrogen) atoms. The van der Waals surface area contributed by atoms with Gasteiger partial charge >= 0.3 is 0 Å². The van der Waals surface area contributed by atoms with Gasteiger partial charge in [0.2, 0.25) is 0 Å². The van der Waals surface area contributed by atoms with Crippen LogP contribution in [0.1, 0.15) is 53.3 Å². The van der Waals surface area contributed by atoms with Crippen molar-refractivity contribution in [2.24, 2.45) is 5.92 Å². The molecule has 2 aromatic heterocycles. The lowest BCUT2D eigenvalue weighted by Gasteiger charge is -2.18. The molecule has 1 aromatic carbocycles. The van der Waals surface area contributed by atoms with Crippen LogP contribution in [0.5, 0.6) is 5.75 Å². The molecular formula is C24H28N2O4S. The van der Waals surface area contributed by atoms with E-state index in [1.54, 1.807) is 47.1 Å². The Kier molecular flexibility index (Phi) is 6.25. The van der Waals surface area contributed by atoms with Crippen molar-refractivity contribution in [3.05, 3.63) is 56.4 Å². The molecule has 0 saturated carbocycles. The van der Waals surface area contributed by atoms with Crippen molar-refractivity contribution in [1.29, 1.82) is 0 Å². The van der Waals surface area contributed by atoms with Crippen molar-refractivity contribution in [2.45, 2.75) is 59.1 Å². The molecule has 7 heteroatoms. The first-order valence-corrected chi connectivity index (χ1v) is 11.6. The van der Waals surface area contributed by atoms with Gasteiger partial charge in [0.25, 0.3) is 5.56 Å². The van der Waals surface area contributed by atoms with Crippen molar-refractivity contribution < 1.29 is 14.6 Å². The van der Waals surface area contributed by atoms with Crippen molar-refractivity contribution in [2.75, 3.05) is 6.61 Å². The van der Waals surface area contributed by atoms with E-state index in [1.165, 1.54) is 4.88 Å². The van der Waals surface area contributed by atoms with E-state index in [2.05, 4.69) is 11.9 Å². The van der Waals surface area contributed by atoms with Crippen LogP contribution < -0.4 is 10.3 Å². The molecule has 0 spiro atoms. The highest BCUT2D eigenvalue weighted by Crippen LogP contribution is 2.35. The highest BCUT2D eigenvalue weighted by Gasteiger charge is 2.24. The molecule has 4 rings (SSSR count). The van der Waals surface area contributed by atoms with Crippen LogP contribution in [0, 0.1) is 12.8 Å². The molecular weight excluding hydrogens is 412 g/mol. The number of Topliss-reactive ketones (excluding diaryl/α,β-unsaturated/α-hetero) is 1. The van der Waals surface area contributed by atoms with Gasteiger partial charge in [0.15, 0.2) is 5.78 Å². The maximum atomic E-state index is 13.2. The minimum Gasteiger partial charge on any atom is -0.491 e. The van der Waals surface area contributed by atoms with Crippen LogP contribution in [0.3, 0.4) is 0 Å². The van der Waals surface area contributed by atoms with Crippen LogP contribution in [0.25, 0.3) is 10.2 Å². The number of aryl methyl sites for hydroxylation is 2. The fourth-order valence-corrected chi connectivity index (χ4v) is 5.56. The molecule has 2 heterocycles. The third-order valence-corrected chi connectivity index (χ3v) is 7.09. The quantitative estimate of drug-likeness (QED) is 0.563. The van der Waals surface area contributed by atoms with Gasteiger partial charge in [0.05, 0.1) is 11.9 Å². The maximum absolute atomic E-state index is 13.2. The van der Waals surface area contributed by atoms with Crippen LogP contribution in [-0.4, -0.2) is 33.2 Å². The van der Waals surface area contributed by atoms with Crippen LogP contribution in [-0.2, 0) is 19.4 Å². The van der Waals surface area contributed by atoms with Crippen molar-refractivity contribution in [1.82, 2.24) is 9.55 Å². The van der Waals surface area contributed by atoms with Gasteiger partial charge in [0, 0.05) is 16.9 Å². The molecule has 3 aromatic rings. The predicted molar refractivity (Wildman–Crippen MR) is 122 cm³/mol. The molecule has 0 aliphatic heterocycles. The van der Waals surface area contributed by atoms with Crippen molar-refractivity contribution >= 4 is 27.3 Å². The molecule has 0 radical (unpaired) electrons. The van der Waals surface area contributed by atoms with E-state index in [9.17, 15) is 14.7 Å². The molecule has 0 fully saturated rings. The monoisotopic (exact) mass is 440 g/mol. The van der Waals surface area contributed by atoms with Crippen LogP contribution in [0.4, 0.5) is 0 Å². The molecule has 0 unspecified atom stereocenters. The number of rotatable bonds is 7. The number of aliphatic hydroxyl groups is 1. The summed E-state index contributed by atoms with van der Waals surface area (Å²) in [6.45, 7) is 6.05. The zero-order valence-electron chi connectivity index (χ0n) is 18.2. The normalized spacial score (nSPS) is 16.8. The van der Waals surface area contributed by atoms with Crippen molar-refractivity contribution in [3.63, 3.8) is 0 Å². The number of aliphatic hydroxyl groups excluding tert-OH is 1. The number of fused-ring (bicyclic) bond motifs is 3. The summed E-state index contributed by atoms with van der Waals surface area (Å²) >= 11 is 1.64. The Morgan fingerprint density at radius 2 is 2.10 bits per heavy atom. The van der Waals surface area contributed by atoms with Gasteiger partial charge in [-0.05, 0) is 61.9 Å². The van der Waals surface area contributed by atoms with E-state index in [-0.39, 0.29) is 24.5 Å². The summed E-state index contributed by atoms with van der Waals surface area (Å²) in [6, 6.07) is 6.89. The number of nitrogens with zero attached hydrogens (tertiary/aromatic N) is 2. The van der Waals surface area contributed by atoms with Gasteiger partial charge in [-0.15, -0.1) is 11.3 Å². The van der Waals surface area contributed by atoms with Crippen LogP contribution in [0.15, 0.2) is 29.1 Å². The van der Waals surface area contributed by atoms with E-state index in [1.807, 2.05) is 6.92 Å². The number of aromatic nitrogens is 2. The summed E-state index contributed by atoms with van der Waals surface area (Å²) in [6.07, 6.45) is 2.61. The summed E-state index contributed by atoms with van der Waals surface area (Å²) < 4.78 is 7.23. The Morgan fingerprint density at radius 1 is 1.35 bits per heavy atom. The Hall–Kier alpha value is -2.51. The van der Waals surface area contributed by atoms with Gasteiger partial charge in [-0.2, -0.15) is 0 Å². The van der Waals surface area contributed by atoms with Gasteiger partial charge in [-0.3, -0.25) is 14.2 Å². The zero-order valence-corrected chi connectivity index (χ0v) is 19.0. The number of carbonyl (C=O) groups is 1. The van der Waals surface area contributed by atoms with Crippen LogP contribution in [0.2, 0.25) is 0 Å². The van der Waals surface area contributed by atoms with Gasteiger partial charge in [-0.1, -0.05) is 13.8 Å². The number of thiophene rings is 1. The Balaban J connectivity index is 1.49. The molecule has 1 aliphatic rings. The third kappa shape index (κ3) is 4.43. The van der Waals surface area contributed by atoms with Crippen LogP contribution >= 0.6 is 11.3 Å². The largest absolute Gasteiger partial charge is 0.491 e. The Morgan fingerprint density at radius 3 is 2.81 bits per heavy atom. The zero-order chi connectivity index (χ0) is 22.1. The number of benzene rings is 1. The first kappa shape index (κ1) is 21.7. The number of hydrogen-bond acceptors (Lipinski definition) is 6. The predicted octanol–water partition coefficient (Wildman–Crippen LogP) is 3.92. The number of ketones is 1. The molecule has 0 bridgehead atoms. The maximum Gasteiger partial charge on any atom is 0.262 e. The summed E-state index contributed by atoms with van der Waals surface area (Å²) in [5, 5.41) is 11.2. The molecule has 0 saturated heterocycles. The highest BCUT2D eigenvalue weighted by atomic mass is 32.1. The van der Waals surface area contributed by atoms with E-state index in [0.29, 0.717) is 29.5 Å². The van der Waals surface area contributed by atoms with Gasteiger partial charge in [0.1, 0.15) is 29.1 Å². The first-order valence-electron chi connectivity index (χ1n) is 10.8. The first-order chi connectivity index (χ1) is 14.9. The Bertz CT molecular complexity index is 1160. The molecule has 164 valence electrons. The number of ether oxygens (including phenoxy) is 1. The van der Waals surface area contributed by atoms with Crippen molar-refractivity contribution in [3.8, 4) is 5.75 Å². The number of carbonyl (C=O) groups excluding carboxylic acids is 1. The standard InChI is InChI=1S/C24H28N2O4S/c1-4-20(28)16-6-8-18(9-7-16)30-13-17(27)12-26-15(3)25-23-22(24(26)29)19-10-5-14(2)11-21(19)31-23/h6-9,14,17,27H,4-5,10-13H2,1-3H3/t14-,17+/m1/s1. The van der Waals surface area contributed by atoms with E-state index < -0.39 is 6.10 Å². The second-order valence-electron chi connectivity index (χ2n) is 8.37. The number of hydrogen-bond donors (Lipinski definition) is 1.